The molecular weight excluding hydrogens is 258 g/mol. The molecule has 112 valence electrons. The Morgan fingerprint density at radius 2 is 1.90 bits per heavy atom. The molecule has 1 atom stereocenters. The predicted molar refractivity (Wildman–Crippen MR) is 77.0 cm³/mol. The molecule has 0 aliphatic heterocycles. The minimum absolute atomic E-state index is 0.0705. The zero-order valence-corrected chi connectivity index (χ0v) is 12.4. The van der Waals surface area contributed by atoms with E-state index in [1.54, 1.807) is 13.0 Å². The fourth-order valence-electron chi connectivity index (χ4n) is 2.98. The van der Waals surface area contributed by atoms with E-state index < -0.39 is 11.6 Å². The van der Waals surface area contributed by atoms with E-state index >= 15 is 0 Å². The molecule has 1 saturated carbocycles. The van der Waals surface area contributed by atoms with E-state index in [9.17, 15) is 8.78 Å². The number of ether oxygens (including phenoxy) is 1. The standard InChI is InChI=1S/C17H24F2O/c1-12-8-11-15(18)16(19)17(12)20-13(2)9-10-14-6-4-3-5-7-14/h8,11,13-14H,3-7,9-10H2,1-2H3. The third-order valence-electron chi connectivity index (χ3n) is 4.27. The van der Waals surface area contributed by atoms with E-state index in [1.165, 1.54) is 32.1 Å². The van der Waals surface area contributed by atoms with Crippen LogP contribution < -0.4 is 4.74 Å². The van der Waals surface area contributed by atoms with Crippen LogP contribution in [0.25, 0.3) is 0 Å². The highest BCUT2D eigenvalue weighted by Crippen LogP contribution is 2.30. The first kappa shape index (κ1) is 15.3. The Morgan fingerprint density at radius 1 is 1.20 bits per heavy atom. The van der Waals surface area contributed by atoms with Crippen LogP contribution in [-0.2, 0) is 0 Å². The van der Waals surface area contributed by atoms with Crippen molar-refractivity contribution in [3.05, 3.63) is 29.3 Å². The van der Waals surface area contributed by atoms with Crippen LogP contribution in [0.5, 0.6) is 5.75 Å². The second kappa shape index (κ2) is 7.05. The first-order chi connectivity index (χ1) is 9.58. The Hall–Kier alpha value is -1.12. The average molecular weight is 282 g/mol. The van der Waals surface area contributed by atoms with Crippen LogP contribution in [0.4, 0.5) is 8.78 Å². The smallest absolute Gasteiger partial charge is 0.200 e. The van der Waals surface area contributed by atoms with Gasteiger partial charge in [0.1, 0.15) is 0 Å². The summed E-state index contributed by atoms with van der Waals surface area (Å²) in [7, 11) is 0. The molecule has 0 amide bonds. The van der Waals surface area contributed by atoms with Crippen molar-refractivity contribution in [1.29, 1.82) is 0 Å². The predicted octanol–water partition coefficient (Wildman–Crippen LogP) is 5.40. The van der Waals surface area contributed by atoms with Crippen LogP contribution in [0.15, 0.2) is 12.1 Å². The lowest BCUT2D eigenvalue weighted by molar-refractivity contribution is 0.180. The lowest BCUT2D eigenvalue weighted by Crippen LogP contribution is -2.16. The number of aryl methyl sites for hydroxylation is 1. The van der Waals surface area contributed by atoms with E-state index in [0.717, 1.165) is 24.8 Å². The Labute approximate surface area is 120 Å². The maximum atomic E-state index is 13.7. The van der Waals surface area contributed by atoms with Gasteiger partial charge in [-0.3, -0.25) is 0 Å². The lowest BCUT2D eigenvalue weighted by atomic mass is 9.85. The van der Waals surface area contributed by atoms with E-state index in [-0.39, 0.29) is 11.9 Å². The van der Waals surface area contributed by atoms with Crippen molar-refractivity contribution in [2.75, 3.05) is 0 Å². The van der Waals surface area contributed by atoms with E-state index in [0.29, 0.717) is 5.56 Å². The lowest BCUT2D eigenvalue weighted by Gasteiger charge is -2.23. The van der Waals surface area contributed by atoms with Crippen LogP contribution in [0.2, 0.25) is 0 Å². The first-order valence-electron chi connectivity index (χ1n) is 7.69. The minimum Gasteiger partial charge on any atom is -0.487 e. The topological polar surface area (TPSA) is 9.23 Å². The van der Waals surface area contributed by atoms with E-state index in [1.807, 2.05) is 6.92 Å². The van der Waals surface area contributed by atoms with Crippen molar-refractivity contribution in [3.8, 4) is 5.75 Å². The molecule has 0 saturated heterocycles. The molecule has 0 bridgehead atoms. The summed E-state index contributed by atoms with van der Waals surface area (Å²) in [4.78, 5) is 0. The molecule has 0 radical (unpaired) electrons. The maximum absolute atomic E-state index is 13.7. The monoisotopic (exact) mass is 282 g/mol. The number of hydrogen-bond acceptors (Lipinski definition) is 1. The zero-order valence-electron chi connectivity index (χ0n) is 12.4. The molecule has 1 nitrogen and oxygen atoms in total. The highest BCUT2D eigenvalue weighted by atomic mass is 19.2. The van der Waals surface area contributed by atoms with Gasteiger partial charge in [0.25, 0.3) is 0 Å². The number of rotatable bonds is 5. The van der Waals surface area contributed by atoms with Gasteiger partial charge in [-0.05, 0) is 44.2 Å². The second-order valence-electron chi connectivity index (χ2n) is 6.02. The van der Waals surface area contributed by atoms with Gasteiger partial charge >= 0.3 is 0 Å². The Bertz CT molecular complexity index is 439. The molecule has 1 fully saturated rings. The van der Waals surface area contributed by atoms with Gasteiger partial charge in [-0.1, -0.05) is 38.2 Å². The molecule has 1 aromatic rings. The third-order valence-corrected chi connectivity index (χ3v) is 4.27. The summed E-state index contributed by atoms with van der Waals surface area (Å²) in [5, 5.41) is 0. The van der Waals surface area contributed by atoms with Gasteiger partial charge in [0.15, 0.2) is 11.6 Å². The summed E-state index contributed by atoms with van der Waals surface area (Å²) in [6, 6.07) is 2.70. The van der Waals surface area contributed by atoms with Crippen LogP contribution in [0.3, 0.4) is 0 Å². The Balaban J connectivity index is 1.88. The van der Waals surface area contributed by atoms with Gasteiger partial charge < -0.3 is 4.74 Å². The summed E-state index contributed by atoms with van der Waals surface area (Å²) < 4.78 is 32.6. The van der Waals surface area contributed by atoms with Crippen molar-refractivity contribution < 1.29 is 13.5 Å². The molecule has 0 aromatic heterocycles. The third kappa shape index (κ3) is 3.94. The van der Waals surface area contributed by atoms with Crippen LogP contribution in [0, 0.1) is 24.5 Å². The molecule has 2 rings (SSSR count). The second-order valence-corrected chi connectivity index (χ2v) is 6.02. The number of benzene rings is 1. The Morgan fingerprint density at radius 3 is 2.60 bits per heavy atom. The highest BCUT2D eigenvalue weighted by molar-refractivity contribution is 5.34. The molecular formula is C17H24F2O. The van der Waals surface area contributed by atoms with Crippen molar-refractivity contribution in [2.45, 2.75) is 64.9 Å². The molecule has 20 heavy (non-hydrogen) atoms. The quantitative estimate of drug-likeness (QED) is 0.702. The maximum Gasteiger partial charge on any atom is 0.200 e. The van der Waals surface area contributed by atoms with Gasteiger partial charge in [-0.25, -0.2) is 4.39 Å². The summed E-state index contributed by atoms with van der Waals surface area (Å²) >= 11 is 0. The SMILES string of the molecule is Cc1ccc(F)c(F)c1OC(C)CCC1CCCCC1. The summed E-state index contributed by atoms with van der Waals surface area (Å²) in [5.41, 5.74) is 0.647. The van der Waals surface area contributed by atoms with Gasteiger partial charge in [0, 0.05) is 0 Å². The van der Waals surface area contributed by atoms with Crippen LogP contribution in [-0.4, -0.2) is 6.10 Å². The summed E-state index contributed by atoms with van der Waals surface area (Å²) in [6.07, 6.45) is 8.58. The van der Waals surface area contributed by atoms with E-state index in [2.05, 4.69) is 0 Å². The molecule has 3 heteroatoms. The van der Waals surface area contributed by atoms with Crippen LogP contribution in [0.1, 0.15) is 57.4 Å². The van der Waals surface area contributed by atoms with E-state index in [4.69, 9.17) is 4.74 Å². The Kier molecular flexibility index (Phi) is 5.38. The van der Waals surface area contributed by atoms with Gasteiger partial charge in [0.05, 0.1) is 6.10 Å². The molecule has 1 aromatic carbocycles. The largest absolute Gasteiger partial charge is 0.487 e. The van der Waals surface area contributed by atoms with Crippen molar-refractivity contribution in [3.63, 3.8) is 0 Å². The van der Waals surface area contributed by atoms with Crippen LogP contribution >= 0.6 is 0 Å². The highest BCUT2D eigenvalue weighted by Gasteiger charge is 2.18. The van der Waals surface area contributed by atoms with Crippen molar-refractivity contribution in [2.24, 2.45) is 5.92 Å². The molecule has 0 heterocycles. The van der Waals surface area contributed by atoms with Gasteiger partial charge in [-0.2, -0.15) is 4.39 Å². The van der Waals surface area contributed by atoms with Crippen molar-refractivity contribution >= 4 is 0 Å². The molecule has 1 aliphatic carbocycles. The summed E-state index contributed by atoms with van der Waals surface area (Å²) in [6.45, 7) is 3.68. The number of halogens is 2. The fraction of sp³-hybridized carbons (Fsp3) is 0.647. The average Bonchev–Trinajstić information content (AvgIpc) is 2.46. The molecule has 1 aliphatic rings. The summed E-state index contributed by atoms with van der Waals surface area (Å²) in [5.74, 6) is -0.853. The molecule has 1 unspecified atom stereocenters. The zero-order chi connectivity index (χ0) is 14.5. The minimum atomic E-state index is -0.866. The number of hydrogen-bond donors (Lipinski definition) is 0. The van der Waals surface area contributed by atoms with Gasteiger partial charge in [-0.15, -0.1) is 0 Å². The van der Waals surface area contributed by atoms with Crippen molar-refractivity contribution in [1.82, 2.24) is 0 Å². The van der Waals surface area contributed by atoms with Gasteiger partial charge in [0.2, 0.25) is 5.82 Å². The first-order valence-corrected chi connectivity index (χ1v) is 7.69. The normalized spacial score (nSPS) is 18.0. The molecule has 0 N–H and O–H groups in total. The fourth-order valence-corrected chi connectivity index (χ4v) is 2.98. The molecule has 0 spiro atoms.